The van der Waals surface area contributed by atoms with Crippen molar-refractivity contribution in [2.24, 2.45) is 5.92 Å². The highest BCUT2D eigenvalue weighted by Gasteiger charge is 2.18. The van der Waals surface area contributed by atoms with Crippen molar-refractivity contribution in [2.75, 3.05) is 0 Å². The van der Waals surface area contributed by atoms with E-state index in [1.54, 1.807) is 12.1 Å². The number of carbonyl (C=O) groups is 2. The van der Waals surface area contributed by atoms with Crippen LogP contribution < -0.4 is 16.2 Å². The molecule has 1 saturated carbocycles. The monoisotopic (exact) mass is 306 g/mol. The highest BCUT2D eigenvalue weighted by molar-refractivity contribution is 7.80. The van der Waals surface area contributed by atoms with E-state index in [1.165, 1.54) is 25.2 Å². The molecule has 0 spiro atoms. The van der Waals surface area contributed by atoms with Gasteiger partial charge in [0.2, 0.25) is 5.91 Å². The number of rotatable bonds is 3. The zero-order valence-electron chi connectivity index (χ0n) is 11.6. The van der Waals surface area contributed by atoms with Gasteiger partial charge >= 0.3 is 0 Å². The minimum Gasteiger partial charge on any atom is -0.302 e. The van der Waals surface area contributed by atoms with Crippen molar-refractivity contribution in [3.63, 3.8) is 0 Å². The number of hydrogen-bond donors (Lipinski definition) is 3. The van der Waals surface area contributed by atoms with E-state index in [4.69, 9.17) is 12.2 Å². The van der Waals surface area contributed by atoms with Crippen molar-refractivity contribution in [3.05, 3.63) is 30.1 Å². The van der Waals surface area contributed by atoms with Gasteiger partial charge in [-0.2, -0.15) is 0 Å². The Morgan fingerprint density at radius 1 is 1.19 bits per heavy atom. The van der Waals surface area contributed by atoms with Crippen molar-refractivity contribution < 1.29 is 9.59 Å². The molecule has 1 aromatic rings. The number of nitrogens with one attached hydrogen (secondary N) is 3. The lowest BCUT2D eigenvalue weighted by Crippen LogP contribution is -2.48. The summed E-state index contributed by atoms with van der Waals surface area (Å²) < 4.78 is 0. The van der Waals surface area contributed by atoms with Crippen LogP contribution in [0.5, 0.6) is 0 Å². The minimum absolute atomic E-state index is 0.0976. The lowest BCUT2D eigenvalue weighted by molar-refractivity contribution is -0.120. The number of carbonyl (C=O) groups excluding carboxylic acids is 2. The third-order valence-corrected chi connectivity index (χ3v) is 3.64. The van der Waals surface area contributed by atoms with E-state index in [-0.39, 0.29) is 16.9 Å². The Kier molecular flexibility index (Phi) is 5.62. The Hall–Kier alpha value is -2.02. The van der Waals surface area contributed by atoms with Crippen molar-refractivity contribution in [1.29, 1.82) is 0 Å². The molecule has 7 heteroatoms. The van der Waals surface area contributed by atoms with Gasteiger partial charge in [-0.25, -0.2) is 0 Å². The third-order valence-electron chi connectivity index (χ3n) is 3.43. The summed E-state index contributed by atoms with van der Waals surface area (Å²) in [6.07, 6.45) is 8.14. The number of nitrogens with zero attached hydrogens (tertiary/aromatic N) is 1. The predicted molar refractivity (Wildman–Crippen MR) is 82.2 cm³/mol. The molecular formula is C14H18N4O2S. The summed E-state index contributed by atoms with van der Waals surface area (Å²) in [6.45, 7) is 0. The number of pyridine rings is 1. The first-order chi connectivity index (χ1) is 10.1. The number of hydrazine groups is 1. The second-order valence-electron chi connectivity index (χ2n) is 5.05. The van der Waals surface area contributed by atoms with Gasteiger partial charge in [-0.05, 0) is 43.1 Å². The molecular weight excluding hydrogens is 288 g/mol. The van der Waals surface area contributed by atoms with E-state index in [0.29, 0.717) is 17.9 Å². The molecule has 1 fully saturated rings. The van der Waals surface area contributed by atoms with Gasteiger partial charge in [0, 0.05) is 24.4 Å². The van der Waals surface area contributed by atoms with Crippen molar-refractivity contribution in [2.45, 2.75) is 32.1 Å². The predicted octanol–water partition coefficient (Wildman–Crippen LogP) is 1.30. The molecule has 2 rings (SSSR count). The van der Waals surface area contributed by atoms with Gasteiger partial charge in [0.15, 0.2) is 5.11 Å². The van der Waals surface area contributed by atoms with Crippen molar-refractivity contribution in [3.8, 4) is 0 Å². The second kappa shape index (κ2) is 7.68. The SMILES string of the molecule is O=C(CC1CCCC1)NC(=S)NNC(=O)c1ccncc1. The van der Waals surface area contributed by atoms with E-state index in [2.05, 4.69) is 21.2 Å². The Labute approximate surface area is 128 Å². The topological polar surface area (TPSA) is 83.1 Å². The molecule has 3 N–H and O–H groups in total. The standard InChI is InChI=1S/C14H18N4O2S/c19-12(9-10-3-1-2-4-10)16-14(21)18-17-13(20)11-5-7-15-8-6-11/h5-8,10H,1-4,9H2,(H,17,20)(H2,16,18,19,21). The van der Waals surface area contributed by atoms with Gasteiger partial charge in [0.05, 0.1) is 0 Å². The normalized spacial score (nSPS) is 14.5. The fourth-order valence-corrected chi connectivity index (χ4v) is 2.54. The van der Waals surface area contributed by atoms with E-state index < -0.39 is 0 Å². The molecule has 21 heavy (non-hydrogen) atoms. The molecule has 6 nitrogen and oxygen atoms in total. The Morgan fingerprint density at radius 3 is 2.52 bits per heavy atom. The molecule has 0 atom stereocenters. The Balaban J connectivity index is 1.69. The summed E-state index contributed by atoms with van der Waals surface area (Å²) in [5.74, 6) is 0.00145. The molecule has 0 bridgehead atoms. The van der Waals surface area contributed by atoms with Crippen LogP contribution in [-0.2, 0) is 4.79 Å². The quantitative estimate of drug-likeness (QED) is 0.579. The van der Waals surface area contributed by atoms with Crippen LogP contribution in [0.3, 0.4) is 0 Å². The lowest BCUT2D eigenvalue weighted by Gasteiger charge is -2.12. The highest BCUT2D eigenvalue weighted by atomic mass is 32.1. The van der Waals surface area contributed by atoms with E-state index in [0.717, 1.165) is 12.8 Å². The average molecular weight is 306 g/mol. The fourth-order valence-electron chi connectivity index (χ4n) is 2.37. The molecule has 1 aliphatic carbocycles. The fraction of sp³-hybridized carbons (Fsp3) is 0.429. The van der Waals surface area contributed by atoms with E-state index in [9.17, 15) is 9.59 Å². The molecule has 112 valence electrons. The van der Waals surface area contributed by atoms with Crippen LogP contribution in [0, 0.1) is 5.92 Å². The summed E-state index contributed by atoms with van der Waals surface area (Å²) >= 11 is 4.97. The molecule has 0 radical (unpaired) electrons. The summed E-state index contributed by atoms with van der Waals surface area (Å²) in [5, 5.41) is 2.67. The first-order valence-electron chi connectivity index (χ1n) is 6.95. The molecule has 1 aromatic heterocycles. The van der Waals surface area contributed by atoms with Gasteiger partial charge in [0.25, 0.3) is 5.91 Å². The molecule has 0 aliphatic heterocycles. The molecule has 1 aliphatic rings. The number of aromatic nitrogens is 1. The first-order valence-corrected chi connectivity index (χ1v) is 7.36. The maximum Gasteiger partial charge on any atom is 0.269 e. The zero-order valence-corrected chi connectivity index (χ0v) is 12.4. The van der Waals surface area contributed by atoms with Crippen LogP contribution >= 0.6 is 12.2 Å². The maximum atomic E-state index is 11.8. The van der Waals surface area contributed by atoms with Crippen molar-refractivity contribution >= 4 is 29.1 Å². The number of hydrogen-bond acceptors (Lipinski definition) is 4. The summed E-state index contributed by atoms with van der Waals surface area (Å²) in [7, 11) is 0. The Morgan fingerprint density at radius 2 is 1.86 bits per heavy atom. The van der Waals surface area contributed by atoms with Crippen LogP contribution in [0.4, 0.5) is 0 Å². The van der Waals surface area contributed by atoms with Gasteiger partial charge in [-0.1, -0.05) is 12.8 Å². The van der Waals surface area contributed by atoms with Gasteiger partial charge in [-0.15, -0.1) is 0 Å². The molecule has 0 saturated heterocycles. The summed E-state index contributed by atoms with van der Waals surface area (Å²) in [5.41, 5.74) is 5.40. The summed E-state index contributed by atoms with van der Waals surface area (Å²) in [4.78, 5) is 27.3. The van der Waals surface area contributed by atoms with Crippen LogP contribution in [0.25, 0.3) is 0 Å². The molecule has 0 unspecified atom stereocenters. The van der Waals surface area contributed by atoms with Gasteiger partial charge in [-0.3, -0.25) is 25.4 Å². The summed E-state index contributed by atoms with van der Waals surface area (Å²) in [6, 6.07) is 3.16. The minimum atomic E-state index is -0.343. The molecule has 1 heterocycles. The van der Waals surface area contributed by atoms with Crippen LogP contribution in [-0.4, -0.2) is 21.9 Å². The molecule has 2 amide bonds. The van der Waals surface area contributed by atoms with E-state index in [1.807, 2.05) is 0 Å². The second-order valence-corrected chi connectivity index (χ2v) is 5.46. The van der Waals surface area contributed by atoms with Crippen LogP contribution in [0.1, 0.15) is 42.5 Å². The maximum absolute atomic E-state index is 11.8. The lowest BCUT2D eigenvalue weighted by atomic mass is 10.0. The highest BCUT2D eigenvalue weighted by Crippen LogP contribution is 2.27. The number of thiocarbonyl (C=S) groups is 1. The molecule has 0 aromatic carbocycles. The van der Waals surface area contributed by atoms with Crippen LogP contribution in [0.2, 0.25) is 0 Å². The Bertz CT molecular complexity index is 515. The average Bonchev–Trinajstić information content (AvgIpc) is 2.98. The first kappa shape index (κ1) is 15.4. The third kappa shape index (κ3) is 5.11. The van der Waals surface area contributed by atoms with Crippen LogP contribution in [0.15, 0.2) is 24.5 Å². The van der Waals surface area contributed by atoms with Crippen molar-refractivity contribution in [1.82, 2.24) is 21.2 Å². The smallest absolute Gasteiger partial charge is 0.269 e. The largest absolute Gasteiger partial charge is 0.302 e. The van der Waals surface area contributed by atoms with Gasteiger partial charge < -0.3 is 5.32 Å². The zero-order chi connectivity index (χ0) is 15.1. The number of amides is 2. The van der Waals surface area contributed by atoms with Gasteiger partial charge in [0.1, 0.15) is 0 Å². The van der Waals surface area contributed by atoms with E-state index >= 15 is 0 Å².